The van der Waals surface area contributed by atoms with E-state index in [0.717, 1.165) is 18.2 Å². The summed E-state index contributed by atoms with van der Waals surface area (Å²) in [6, 6.07) is 3.39. The second-order valence-electron chi connectivity index (χ2n) is 11.2. The molecule has 4 rings (SSSR count). The average Bonchev–Trinajstić information content (AvgIpc) is 3.28. The Hall–Kier alpha value is -2.66. The Morgan fingerprint density at radius 2 is 1.82 bits per heavy atom. The van der Waals surface area contributed by atoms with Crippen LogP contribution in [0.15, 0.2) is 30.3 Å². The van der Waals surface area contributed by atoms with E-state index in [0.29, 0.717) is 12.5 Å². The summed E-state index contributed by atoms with van der Waals surface area (Å²) in [6.07, 6.45) is -0.622. The fraction of sp³-hybridized carbons (Fsp3) is 0.481. The van der Waals surface area contributed by atoms with Gasteiger partial charge in [0.1, 0.15) is 22.9 Å². The highest BCUT2D eigenvalue weighted by Crippen LogP contribution is 2.57. The van der Waals surface area contributed by atoms with E-state index >= 15 is 0 Å². The maximum Gasteiger partial charge on any atom is 0.237 e. The molecule has 2 heterocycles. The first-order valence-electron chi connectivity index (χ1n) is 12.4. The molecular formula is C27H31ClF3N3O4. The van der Waals surface area contributed by atoms with Gasteiger partial charge in [0.15, 0.2) is 0 Å². The molecule has 2 aromatic rings. The summed E-state index contributed by atoms with van der Waals surface area (Å²) < 4.78 is 43.9. The van der Waals surface area contributed by atoms with Crippen molar-refractivity contribution in [3.8, 4) is 0 Å². The molecule has 7 nitrogen and oxygen atoms in total. The molecule has 0 aromatic heterocycles. The zero-order valence-electron chi connectivity index (χ0n) is 21.2. The topological polar surface area (TPSA) is 111 Å². The summed E-state index contributed by atoms with van der Waals surface area (Å²) in [5, 5.41) is 27.2. The number of fused-ring (bicyclic) bond motifs is 2. The van der Waals surface area contributed by atoms with Gasteiger partial charge in [0.2, 0.25) is 11.8 Å². The maximum absolute atomic E-state index is 14.9. The molecule has 0 bridgehead atoms. The minimum absolute atomic E-state index is 0.00687. The zero-order valence-corrected chi connectivity index (χ0v) is 22.0. The van der Waals surface area contributed by atoms with Crippen LogP contribution in [0.3, 0.4) is 0 Å². The standard InChI is InChI=1S/C27H31ClF3N3O4/c1-26(2,3)11-21-27(17-9-19(31)18(28)10-20(17)33-25(27)38)22(13-6-14(29)8-15(30)7-13)23(34-21)24(37)32-5-4-16(36)12-35/h6-10,16,21-23,34-36H,4-5,11-12H2,1-3H3,(H,32,37)(H,33,38)/t16-,21+,22-,23+,27-/m0/s1. The van der Waals surface area contributed by atoms with E-state index < -0.39 is 65.4 Å². The fourth-order valence-electron chi connectivity index (χ4n) is 5.75. The Kier molecular flexibility index (Phi) is 7.82. The molecule has 2 aliphatic rings. The lowest BCUT2D eigenvalue weighted by atomic mass is 9.62. The van der Waals surface area contributed by atoms with E-state index in [4.69, 9.17) is 16.7 Å². The molecular weight excluding hydrogens is 523 g/mol. The third-order valence-corrected chi connectivity index (χ3v) is 7.50. The second kappa shape index (κ2) is 10.5. The number of aliphatic hydroxyl groups excluding tert-OH is 2. The number of nitrogens with one attached hydrogen (secondary N) is 3. The summed E-state index contributed by atoms with van der Waals surface area (Å²) in [7, 11) is 0. The first kappa shape index (κ1) is 28.4. The van der Waals surface area contributed by atoms with Gasteiger partial charge < -0.3 is 26.2 Å². The van der Waals surface area contributed by atoms with Crippen LogP contribution >= 0.6 is 11.6 Å². The van der Waals surface area contributed by atoms with E-state index in [1.54, 1.807) is 0 Å². The van der Waals surface area contributed by atoms with Gasteiger partial charge in [-0.2, -0.15) is 0 Å². The number of rotatable bonds is 7. The average molecular weight is 554 g/mol. The molecule has 38 heavy (non-hydrogen) atoms. The maximum atomic E-state index is 14.9. The molecule has 2 aromatic carbocycles. The van der Waals surface area contributed by atoms with Crippen molar-refractivity contribution in [3.63, 3.8) is 0 Å². The summed E-state index contributed by atoms with van der Waals surface area (Å²) in [5.74, 6) is -4.80. The number of anilines is 1. The zero-order chi connectivity index (χ0) is 28.0. The lowest BCUT2D eigenvalue weighted by Gasteiger charge is -2.37. The van der Waals surface area contributed by atoms with Crippen molar-refractivity contribution in [1.29, 1.82) is 0 Å². The third kappa shape index (κ3) is 5.14. The fourth-order valence-corrected chi connectivity index (χ4v) is 5.92. The van der Waals surface area contributed by atoms with Gasteiger partial charge in [-0.15, -0.1) is 0 Å². The van der Waals surface area contributed by atoms with E-state index in [1.807, 2.05) is 20.8 Å². The number of carbonyl (C=O) groups is 2. The minimum Gasteiger partial charge on any atom is -0.394 e. The van der Waals surface area contributed by atoms with Gasteiger partial charge in [-0.1, -0.05) is 32.4 Å². The van der Waals surface area contributed by atoms with Crippen LogP contribution in [-0.4, -0.2) is 53.4 Å². The van der Waals surface area contributed by atoms with Gasteiger partial charge in [-0.25, -0.2) is 13.2 Å². The number of halogens is 4. The lowest BCUT2D eigenvalue weighted by molar-refractivity contribution is -0.124. The van der Waals surface area contributed by atoms with Crippen molar-refractivity contribution < 1.29 is 33.0 Å². The van der Waals surface area contributed by atoms with Gasteiger partial charge >= 0.3 is 0 Å². The summed E-state index contributed by atoms with van der Waals surface area (Å²) in [4.78, 5) is 27.5. The highest BCUT2D eigenvalue weighted by molar-refractivity contribution is 6.31. The first-order chi connectivity index (χ1) is 17.8. The minimum atomic E-state index is -1.61. The Morgan fingerprint density at radius 1 is 1.16 bits per heavy atom. The molecule has 1 spiro atoms. The quantitative estimate of drug-likeness (QED) is 0.361. The number of carbonyl (C=O) groups excluding carboxylic acids is 2. The van der Waals surface area contributed by atoms with Gasteiger partial charge in [-0.05, 0) is 53.6 Å². The van der Waals surface area contributed by atoms with E-state index in [9.17, 15) is 27.9 Å². The van der Waals surface area contributed by atoms with Gasteiger partial charge in [0.25, 0.3) is 0 Å². The highest BCUT2D eigenvalue weighted by Gasteiger charge is 2.66. The second-order valence-corrected chi connectivity index (χ2v) is 11.6. The van der Waals surface area contributed by atoms with Crippen molar-refractivity contribution in [2.24, 2.45) is 5.41 Å². The van der Waals surface area contributed by atoms with Crippen LogP contribution in [0.5, 0.6) is 0 Å². The predicted molar refractivity (Wildman–Crippen MR) is 136 cm³/mol. The molecule has 1 saturated heterocycles. The van der Waals surface area contributed by atoms with E-state index in [1.165, 1.54) is 6.07 Å². The largest absolute Gasteiger partial charge is 0.394 e. The van der Waals surface area contributed by atoms with Crippen LogP contribution in [0.1, 0.15) is 50.7 Å². The molecule has 0 aliphatic carbocycles. The van der Waals surface area contributed by atoms with Gasteiger partial charge in [0.05, 0.1) is 23.8 Å². The molecule has 2 aliphatic heterocycles. The Balaban J connectivity index is 1.91. The highest BCUT2D eigenvalue weighted by atomic mass is 35.5. The number of aliphatic hydroxyl groups is 2. The van der Waals surface area contributed by atoms with Crippen molar-refractivity contribution in [3.05, 3.63) is 63.9 Å². The Bertz CT molecular complexity index is 1230. The molecule has 206 valence electrons. The Morgan fingerprint density at radius 3 is 2.42 bits per heavy atom. The molecule has 0 saturated carbocycles. The normalized spacial score (nSPS) is 25.4. The smallest absolute Gasteiger partial charge is 0.237 e. The number of hydrogen-bond donors (Lipinski definition) is 5. The third-order valence-electron chi connectivity index (χ3n) is 7.21. The van der Waals surface area contributed by atoms with E-state index in [-0.39, 0.29) is 40.2 Å². The van der Waals surface area contributed by atoms with Crippen molar-refractivity contribution >= 4 is 29.1 Å². The molecule has 0 radical (unpaired) electrons. The van der Waals surface area contributed by atoms with Crippen LogP contribution in [0.4, 0.5) is 18.9 Å². The van der Waals surface area contributed by atoms with Crippen LogP contribution in [-0.2, 0) is 15.0 Å². The summed E-state index contributed by atoms with van der Waals surface area (Å²) in [5.41, 5.74) is -1.42. The van der Waals surface area contributed by atoms with Crippen LogP contribution in [0, 0.1) is 22.9 Å². The number of amides is 2. The van der Waals surface area contributed by atoms with Crippen molar-refractivity contribution in [1.82, 2.24) is 10.6 Å². The molecule has 5 N–H and O–H groups in total. The lowest BCUT2D eigenvalue weighted by Crippen LogP contribution is -2.49. The first-order valence-corrected chi connectivity index (χ1v) is 12.8. The van der Waals surface area contributed by atoms with Crippen LogP contribution < -0.4 is 16.0 Å². The van der Waals surface area contributed by atoms with Gasteiger partial charge in [-0.3, -0.25) is 9.59 Å². The molecule has 0 unspecified atom stereocenters. The van der Waals surface area contributed by atoms with E-state index in [2.05, 4.69) is 16.0 Å². The monoisotopic (exact) mass is 553 g/mol. The van der Waals surface area contributed by atoms with Crippen LogP contribution in [0.25, 0.3) is 0 Å². The molecule has 2 amide bonds. The summed E-state index contributed by atoms with van der Waals surface area (Å²) >= 11 is 6.00. The Labute approximate surface area is 223 Å². The predicted octanol–water partition coefficient (Wildman–Crippen LogP) is 3.37. The SMILES string of the molecule is CC(C)(C)C[C@H]1N[C@@H](C(=O)NCC[C@H](O)CO)[C@H](c2cc(F)cc(F)c2)[C@@]12C(=O)Nc1cc(Cl)c(F)cc12. The molecule has 11 heteroatoms. The van der Waals surface area contributed by atoms with Crippen LogP contribution in [0.2, 0.25) is 5.02 Å². The number of benzene rings is 2. The summed E-state index contributed by atoms with van der Waals surface area (Å²) in [6.45, 7) is 5.36. The van der Waals surface area contributed by atoms with Crippen molar-refractivity contribution in [2.75, 3.05) is 18.5 Å². The van der Waals surface area contributed by atoms with Gasteiger partial charge in [0, 0.05) is 30.3 Å². The molecule has 5 atom stereocenters. The molecule has 1 fully saturated rings. The van der Waals surface area contributed by atoms with Crippen molar-refractivity contribution in [2.45, 2.75) is 63.1 Å². The number of hydrogen-bond acceptors (Lipinski definition) is 5.